The number of hydrogen-bond donors (Lipinski definition) is 3. The summed E-state index contributed by atoms with van der Waals surface area (Å²) in [4.78, 5) is 74.9. The van der Waals surface area contributed by atoms with E-state index in [0.717, 1.165) is 30.7 Å². The molecule has 4 saturated carbocycles. The number of amides is 4. The summed E-state index contributed by atoms with van der Waals surface area (Å²) in [6.45, 7) is 5.74. The number of hydrogen-bond acceptors (Lipinski definition) is 7. The van der Waals surface area contributed by atoms with Crippen molar-refractivity contribution in [2.24, 2.45) is 34.2 Å². The largest absolute Gasteiger partial charge is 0.387 e. The maximum atomic E-state index is 14.5. The minimum Gasteiger partial charge on any atom is -0.387 e. The van der Waals surface area contributed by atoms with Crippen LogP contribution in [0.4, 0.5) is 0 Å². The van der Waals surface area contributed by atoms with E-state index in [4.69, 9.17) is 16.4 Å². The molecule has 5 atom stereocenters. The SMILES string of the molecule is CNC(=O)C(=O)[C@H](CC1CC1)NC(=O)[C@@H]1C[C@]2(CC(c3cccc(Cl)c3)=NO2)CN1C(=O)[C@@H](NC(=O)CC1CC2CC1C2)C(C)(C)C. The molecule has 1 aromatic carbocycles. The molecule has 7 rings (SSSR count). The molecule has 0 radical (unpaired) electrons. The van der Waals surface area contributed by atoms with Gasteiger partial charge in [0.2, 0.25) is 23.5 Å². The van der Waals surface area contributed by atoms with E-state index in [1.54, 1.807) is 12.1 Å². The van der Waals surface area contributed by atoms with Gasteiger partial charge in [-0.05, 0) is 66.9 Å². The van der Waals surface area contributed by atoms with Gasteiger partial charge in [-0.1, -0.05) is 62.5 Å². The van der Waals surface area contributed by atoms with Crippen molar-refractivity contribution in [3.05, 3.63) is 34.9 Å². The molecule has 0 aromatic heterocycles. The minimum atomic E-state index is -1.01. The number of nitrogens with zero attached hydrogens (tertiary/aromatic N) is 2. The molecular weight excluding hydrogens is 622 g/mol. The van der Waals surface area contributed by atoms with Gasteiger partial charge in [0.05, 0.1) is 18.3 Å². The van der Waals surface area contributed by atoms with Gasteiger partial charge in [0.25, 0.3) is 5.91 Å². The maximum absolute atomic E-state index is 14.5. The fraction of sp³-hybridized carbons (Fsp3) is 0.657. The summed E-state index contributed by atoms with van der Waals surface area (Å²) in [6.07, 6.45) is 6.50. The normalized spacial score (nSPS) is 29.0. The Balaban J connectivity index is 1.24. The molecule has 5 fully saturated rings. The highest BCUT2D eigenvalue weighted by Crippen LogP contribution is 2.53. The Morgan fingerprint density at radius 3 is 2.47 bits per heavy atom. The van der Waals surface area contributed by atoms with Gasteiger partial charge >= 0.3 is 0 Å². The Bertz CT molecular complexity index is 1480. The highest BCUT2D eigenvalue weighted by Gasteiger charge is 2.56. The summed E-state index contributed by atoms with van der Waals surface area (Å²) in [7, 11) is 1.38. The van der Waals surface area contributed by atoms with Crippen molar-refractivity contribution < 1.29 is 28.8 Å². The van der Waals surface area contributed by atoms with E-state index < -0.39 is 52.6 Å². The van der Waals surface area contributed by atoms with Crippen molar-refractivity contribution in [2.45, 2.75) is 102 Å². The second kappa shape index (κ2) is 12.9. The predicted molar refractivity (Wildman–Crippen MR) is 175 cm³/mol. The van der Waals surface area contributed by atoms with Crippen LogP contribution in [0.15, 0.2) is 29.4 Å². The van der Waals surface area contributed by atoms with E-state index in [0.29, 0.717) is 41.8 Å². The van der Waals surface area contributed by atoms with E-state index in [2.05, 4.69) is 21.1 Å². The second-order valence-electron chi connectivity index (χ2n) is 15.5. The predicted octanol–water partition coefficient (Wildman–Crippen LogP) is 3.37. The second-order valence-corrected chi connectivity index (χ2v) is 16.0. The summed E-state index contributed by atoms with van der Waals surface area (Å²) >= 11 is 6.24. The van der Waals surface area contributed by atoms with Gasteiger partial charge in [0, 0.05) is 36.9 Å². The van der Waals surface area contributed by atoms with E-state index >= 15 is 0 Å². The highest BCUT2D eigenvalue weighted by molar-refractivity contribution is 6.38. The van der Waals surface area contributed by atoms with Crippen LogP contribution < -0.4 is 16.0 Å². The molecule has 2 heterocycles. The van der Waals surface area contributed by atoms with Gasteiger partial charge < -0.3 is 25.7 Å². The van der Waals surface area contributed by atoms with Crippen molar-refractivity contribution in [1.29, 1.82) is 0 Å². The lowest BCUT2D eigenvalue weighted by atomic mass is 9.81. The molecule has 47 heavy (non-hydrogen) atoms. The van der Waals surface area contributed by atoms with Gasteiger partial charge in [-0.3, -0.25) is 24.0 Å². The Morgan fingerprint density at radius 1 is 1.11 bits per heavy atom. The number of likely N-dealkylation sites (N-methyl/N-ethyl adjacent to an activating group) is 1. The molecule has 1 aromatic rings. The van der Waals surface area contributed by atoms with Gasteiger partial charge in [0.15, 0.2) is 5.60 Å². The summed E-state index contributed by atoms with van der Waals surface area (Å²) in [6, 6.07) is 4.32. The Hall–Kier alpha value is -3.47. The number of nitrogens with one attached hydrogen (secondary N) is 3. The number of oxime groups is 1. The summed E-state index contributed by atoms with van der Waals surface area (Å²) in [5, 5.41) is 13.1. The summed E-state index contributed by atoms with van der Waals surface area (Å²) < 4.78 is 0. The lowest BCUT2D eigenvalue weighted by Crippen LogP contribution is -2.59. The smallest absolute Gasteiger partial charge is 0.289 e. The molecule has 12 heteroatoms. The molecule has 1 unspecified atom stereocenters. The third-order valence-corrected chi connectivity index (χ3v) is 11.0. The first-order chi connectivity index (χ1) is 22.2. The van der Waals surface area contributed by atoms with Crippen LogP contribution in [0.5, 0.6) is 0 Å². The third kappa shape index (κ3) is 7.20. The van der Waals surface area contributed by atoms with Crippen LogP contribution in [0, 0.1) is 29.1 Å². The van der Waals surface area contributed by atoms with Crippen molar-refractivity contribution >= 4 is 46.7 Å². The molecular formula is C35H46ClN5O6. The molecule has 254 valence electrons. The molecule has 2 aliphatic heterocycles. The van der Waals surface area contributed by atoms with Crippen LogP contribution >= 0.6 is 11.6 Å². The molecule has 2 bridgehead atoms. The van der Waals surface area contributed by atoms with E-state index in [-0.39, 0.29) is 24.8 Å². The molecule has 4 aliphatic carbocycles. The number of halogens is 1. The van der Waals surface area contributed by atoms with Crippen LogP contribution in [0.3, 0.4) is 0 Å². The molecule has 1 spiro atoms. The van der Waals surface area contributed by atoms with Crippen LogP contribution in [-0.4, -0.2) is 77.3 Å². The molecule has 11 nitrogen and oxygen atoms in total. The first-order valence-corrected chi connectivity index (χ1v) is 17.3. The van der Waals surface area contributed by atoms with Crippen molar-refractivity contribution in [2.75, 3.05) is 13.6 Å². The number of Topliss-reactive ketones (excluding diaryl/α,β-unsaturated/α-hetero) is 1. The van der Waals surface area contributed by atoms with E-state index in [1.807, 2.05) is 32.9 Å². The summed E-state index contributed by atoms with van der Waals surface area (Å²) in [5.74, 6) is -0.670. The number of ketones is 1. The van der Waals surface area contributed by atoms with E-state index in [9.17, 15) is 24.0 Å². The van der Waals surface area contributed by atoms with Gasteiger partial charge in [-0.25, -0.2) is 0 Å². The Morgan fingerprint density at radius 2 is 1.85 bits per heavy atom. The van der Waals surface area contributed by atoms with Crippen molar-refractivity contribution in [3.63, 3.8) is 0 Å². The zero-order valence-electron chi connectivity index (χ0n) is 27.6. The Kier molecular flexibility index (Phi) is 9.15. The quantitative estimate of drug-likeness (QED) is 0.309. The third-order valence-electron chi connectivity index (χ3n) is 10.8. The number of rotatable bonds is 11. The average Bonchev–Trinajstić information content (AvgIpc) is 3.32. The monoisotopic (exact) mass is 667 g/mol. The number of carbonyl (C=O) groups excluding carboxylic acids is 5. The first-order valence-electron chi connectivity index (χ1n) is 16.9. The molecule has 1 saturated heterocycles. The lowest BCUT2D eigenvalue weighted by Gasteiger charge is -2.36. The molecule has 3 N–H and O–H groups in total. The zero-order valence-corrected chi connectivity index (χ0v) is 28.4. The fourth-order valence-corrected chi connectivity index (χ4v) is 8.12. The standard InChI is InChI=1S/C35H46ClN5O6/c1-34(2,3)30(39-28(42)15-23-12-20-10-22(23)11-20)33(46)41-18-35(16-26(40-47-35)21-6-5-7-24(36)14-21)17-27(41)31(44)38-25(13-19-8-9-19)29(43)32(45)37-4/h5-7,14,19-20,22-23,25,27,30H,8-13,15-18H2,1-4H3,(H,37,45)(H,38,44)(H,39,42)/t20?,22?,23?,25-,27-,30+,35+/m0/s1. The lowest BCUT2D eigenvalue weighted by molar-refractivity contribution is -0.145. The maximum Gasteiger partial charge on any atom is 0.289 e. The molecule has 6 aliphatic rings. The van der Waals surface area contributed by atoms with Crippen molar-refractivity contribution in [3.8, 4) is 0 Å². The van der Waals surface area contributed by atoms with Crippen molar-refractivity contribution in [1.82, 2.24) is 20.9 Å². The van der Waals surface area contributed by atoms with Crippen LogP contribution in [0.1, 0.15) is 84.1 Å². The fourth-order valence-electron chi connectivity index (χ4n) is 7.93. The summed E-state index contributed by atoms with van der Waals surface area (Å²) in [5.41, 5.74) is -0.226. The number of likely N-dealkylation sites (tertiary alicyclic amines) is 1. The average molecular weight is 668 g/mol. The topological polar surface area (TPSA) is 146 Å². The minimum absolute atomic E-state index is 0.0585. The van der Waals surface area contributed by atoms with Crippen LogP contribution in [0.2, 0.25) is 5.02 Å². The van der Waals surface area contributed by atoms with Gasteiger partial charge in [-0.2, -0.15) is 0 Å². The van der Waals surface area contributed by atoms with Gasteiger partial charge in [-0.15, -0.1) is 0 Å². The van der Waals surface area contributed by atoms with Crippen LogP contribution in [0.25, 0.3) is 0 Å². The van der Waals surface area contributed by atoms with Crippen LogP contribution in [-0.2, 0) is 28.8 Å². The Labute approximate surface area is 280 Å². The zero-order chi connectivity index (χ0) is 33.7. The highest BCUT2D eigenvalue weighted by atomic mass is 35.5. The number of benzene rings is 1. The molecule has 4 amide bonds. The van der Waals surface area contributed by atoms with Gasteiger partial charge in [0.1, 0.15) is 12.1 Å². The number of carbonyl (C=O) groups is 5. The first kappa shape index (κ1) is 33.4. The van der Waals surface area contributed by atoms with E-state index in [1.165, 1.54) is 24.8 Å². The number of fused-ring (bicyclic) bond motifs is 1.